The normalized spacial score (nSPS) is 21.6. The van der Waals surface area contributed by atoms with E-state index in [-0.39, 0.29) is 17.9 Å². The van der Waals surface area contributed by atoms with Crippen molar-refractivity contribution in [2.45, 2.75) is 38.2 Å². The number of hydrogen-bond acceptors (Lipinski definition) is 3. The van der Waals surface area contributed by atoms with Crippen LogP contribution < -0.4 is 5.32 Å². The number of anilines is 1. The van der Waals surface area contributed by atoms with Crippen LogP contribution in [0.3, 0.4) is 0 Å². The number of benzene rings is 1. The molecule has 2 aliphatic heterocycles. The molecular formula is C17H22N2O3. The second-order valence-corrected chi connectivity index (χ2v) is 5.92. The topological polar surface area (TPSA) is 58.6 Å². The first kappa shape index (κ1) is 15.0. The third-order valence-electron chi connectivity index (χ3n) is 4.24. The van der Waals surface area contributed by atoms with E-state index in [2.05, 4.69) is 5.32 Å². The number of nitrogens with zero attached hydrogens (tertiary/aromatic N) is 1. The maximum atomic E-state index is 12.5. The van der Waals surface area contributed by atoms with Crippen molar-refractivity contribution in [1.82, 2.24) is 4.90 Å². The first-order valence-electron chi connectivity index (χ1n) is 8.06. The van der Waals surface area contributed by atoms with Gasteiger partial charge in [0.25, 0.3) is 11.8 Å². The Labute approximate surface area is 130 Å². The first-order valence-corrected chi connectivity index (χ1v) is 8.06. The van der Waals surface area contributed by atoms with Gasteiger partial charge in [-0.25, -0.2) is 0 Å². The summed E-state index contributed by atoms with van der Waals surface area (Å²) in [5.74, 6) is -0.0759. The number of amides is 2. The molecule has 2 aliphatic rings. The van der Waals surface area contributed by atoms with E-state index >= 15 is 0 Å². The molecule has 0 spiro atoms. The summed E-state index contributed by atoms with van der Waals surface area (Å²) in [6.45, 7) is 2.29. The first-order chi connectivity index (χ1) is 10.7. The summed E-state index contributed by atoms with van der Waals surface area (Å²) in [6, 6.07) is 7.17. The van der Waals surface area contributed by atoms with Crippen molar-refractivity contribution >= 4 is 17.5 Å². The molecule has 22 heavy (non-hydrogen) atoms. The Balaban J connectivity index is 1.66. The van der Waals surface area contributed by atoms with Crippen LogP contribution in [0.4, 0.5) is 5.69 Å². The van der Waals surface area contributed by atoms with Crippen LogP contribution in [-0.4, -0.2) is 42.5 Å². The molecule has 0 aliphatic carbocycles. The van der Waals surface area contributed by atoms with Gasteiger partial charge in [0.2, 0.25) is 0 Å². The molecule has 0 aromatic heterocycles. The Hall–Kier alpha value is -1.88. The van der Waals surface area contributed by atoms with Crippen LogP contribution in [0.5, 0.6) is 0 Å². The monoisotopic (exact) mass is 302 g/mol. The predicted molar refractivity (Wildman–Crippen MR) is 83.8 cm³/mol. The van der Waals surface area contributed by atoms with Crippen molar-refractivity contribution in [2.24, 2.45) is 0 Å². The third-order valence-corrected chi connectivity index (χ3v) is 4.24. The predicted octanol–water partition coefficient (Wildman–Crippen LogP) is 2.43. The number of ether oxygens (including phenoxy) is 1. The minimum absolute atomic E-state index is 0.0490. The van der Waals surface area contributed by atoms with Crippen molar-refractivity contribution in [3.8, 4) is 0 Å². The molecule has 1 atom stereocenters. The highest BCUT2D eigenvalue weighted by Crippen LogP contribution is 2.18. The Morgan fingerprint density at radius 2 is 1.95 bits per heavy atom. The molecule has 0 saturated carbocycles. The lowest BCUT2D eigenvalue weighted by Crippen LogP contribution is -2.35. The molecule has 1 aromatic carbocycles. The molecule has 2 amide bonds. The lowest BCUT2D eigenvalue weighted by molar-refractivity contribution is -0.124. The lowest BCUT2D eigenvalue weighted by atomic mass is 10.1. The summed E-state index contributed by atoms with van der Waals surface area (Å²) in [5, 5.41) is 2.85. The highest BCUT2D eigenvalue weighted by molar-refractivity contribution is 5.98. The molecule has 0 radical (unpaired) electrons. The molecule has 5 nitrogen and oxygen atoms in total. The van der Waals surface area contributed by atoms with Crippen molar-refractivity contribution in [3.63, 3.8) is 0 Å². The summed E-state index contributed by atoms with van der Waals surface area (Å²) in [4.78, 5) is 26.4. The van der Waals surface area contributed by atoms with Gasteiger partial charge in [0.1, 0.15) is 6.10 Å². The van der Waals surface area contributed by atoms with Crippen LogP contribution in [0.1, 0.15) is 42.5 Å². The quantitative estimate of drug-likeness (QED) is 0.933. The SMILES string of the molecule is O=C(Nc1cccc(C(=O)N2CCCCC2)c1)[C@H]1CCCO1. The molecule has 1 aromatic rings. The molecular weight excluding hydrogens is 280 g/mol. The molecule has 2 fully saturated rings. The Bertz CT molecular complexity index is 547. The Kier molecular flexibility index (Phi) is 4.73. The van der Waals surface area contributed by atoms with Gasteiger partial charge >= 0.3 is 0 Å². The number of nitrogens with one attached hydrogen (secondary N) is 1. The van der Waals surface area contributed by atoms with Crippen LogP contribution in [0.2, 0.25) is 0 Å². The molecule has 5 heteroatoms. The minimum atomic E-state index is -0.360. The molecule has 2 saturated heterocycles. The van der Waals surface area contributed by atoms with E-state index in [9.17, 15) is 9.59 Å². The van der Waals surface area contributed by atoms with E-state index in [1.165, 1.54) is 6.42 Å². The van der Waals surface area contributed by atoms with E-state index < -0.39 is 0 Å². The highest BCUT2D eigenvalue weighted by Gasteiger charge is 2.24. The van der Waals surface area contributed by atoms with Crippen molar-refractivity contribution < 1.29 is 14.3 Å². The summed E-state index contributed by atoms with van der Waals surface area (Å²) in [5.41, 5.74) is 1.29. The number of hydrogen-bond donors (Lipinski definition) is 1. The number of carbonyl (C=O) groups excluding carboxylic acids is 2. The molecule has 1 N–H and O–H groups in total. The van der Waals surface area contributed by atoms with Crippen LogP contribution >= 0.6 is 0 Å². The zero-order valence-electron chi connectivity index (χ0n) is 12.7. The van der Waals surface area contributed by atoms with Gasteiger partial charge in [-0.2, -0.15) is 0 Å². The summed E-state index contributed by atoms with van der Waals surface area (Å²) >= 11 is 0. The molecule has 2 heterocycles. The summed E-state index contributed by atoms with van der Waals surface area (Å²) in [6.07, 6.45) is 4.66. The maximum Gasteiger partial charge on any atom is 0.253 e. The van der Waals surface area contributed by atoms with Gasteiger partial charge in [0, 0.05) is 30.9 Å². The second kappa shape index (κ2) is 6.92. The lowest BCUT2D eigenvalue weighted by Gasteiger charge is -2.26. The Morgan fingerprint density at radius 3 is 2.68 bits per heavy atom. The smallest absolute Gasteiger partial charge is 0.253 e. The van der Waals surface area contributed by atoms with Gasteiger partial charge in [-0.3, -0.25) is 9.59 Å². The number of carbonyl (C=O) groups is 2. The van der Waals surface area contributed by atoms with Crippen LogP contribution in [0, 0.1) is 0 Å². The fraction of sp³-hybridized carbons (Fsp3) is 0.529. The zero-order chi connectivity index (χ0) is 15.4. The van der Waals surface area contributed by atoms with Gasteiger partial charge in [-0.1, -0.05) is 6.07 Å². The van der Waals surface area contributed by atoms with Crippen LogP contribution in [0.15, 0.2) is 24.3 Å². The van der Waals surface area contributed by atoms with Gasteiger partial charge in [0.05, 0.1) is 0 Å². The summed E-state index contributed by atoms with van der Waals surface area (Å²) in [7, 11) is 0. The van der Waals surface area contributed by atoms with Gasteiger partial charge in [-0.05, 0) is 50.3 Å². The second-order valence-electron chi connectivity index (χ2n) is 5.92. The average molecular weight is 302 g/mol. The molecule has 0 unspecified atom stereocenters. The highest BCUT2D eigenvalue weighted by atomic mass is 16.5. The third kappa shape index (κ3) is 3.47. The van der Waals surface area contributed by atoms with E-state index in [1.807, 2.05) is 11.0 Å². The fourth-order valence-corrected chi connectivity index (χ4v) is 3.02. The van der Waals surface area contributed by atoms with Gasteiger partial charge in [-0.15, -0.1) is 0 Å². The molecule has 0 bridgehead atoms. The van der Waals surface area contributed by atoms with Crippen LogP contribution in [0.25, 0.3) is 0 Å². The van der Waals surface area contributed by atoms with Gasteiger partial charge in [0.15, 0.2) is 0 Å². The average Bonchev–Trinajstić information content (AvgIpc) is 3.10. The van der Waals surface area contributed by atoms with Crippen LogP contribution in [-0.2, 0) is 9.53 Å². The largest absolute Gasteiger partial charge is 0.368 e. The molecule has 3 rings (SSSR count). The Morgan fingerprint density at radius 1 is 1.14 bits per heavy atom. The number of likely N-dealkylation sites (tertiary alicyclic amines) is 1. The minimum Gasteiger partial charge on any atom is -0.368 e. The van der Waals surface area contributed by atoms with Crippen molar-refractivity contribution in [2.75, 3.05) is 25.0 Å². The van der Waals surface area contributed by atoms with E-state index in [4.69, 9.17) is 4.74 Å². The van der Waals surface area contributed by atoms with E-state index in [0.29, 0.717) is 17.9 Å². The zero-order valence-corrected chi connectivity index (χ0v) is 12.7. The van der Waals surface area contributed by atoms with E-state index in [1.54, 1.807) is 18.2 Å². The molecule has 118 valence electrons. The van der Waals surface area contributed by atoms with Crippen molar-refractivity contribution in [3.05, 3.63) is 29.8 Å². The standard InChI is InChI=1S/C17H22N2O3/c20-16(15-8-5-11-22-15)18-14-7-4-6-13(12-14)17(21)19-9-2-1-3-10-19/h4,6-7,12,15H,1-3,5,8-11H2,(H,18,20)/t15-/m1/s1. The fourth-order valence-electron chi connectivity index (χ4n) is 3.02. The van der Waals surface area contributed by atoms with Crippen molar-refractivity contribution in [1.29, 1.82) is 0 Å². The maximum absolute atomic E-state index is 12.5. The summed E-state index contributed by atoms with van der Waals surface area (Å²) < 4.78 is 5.37. The van der Waals surface area contributed by atoms with E-state index in [0.717, 1.165) is 38.8 Å². The number of piperidine rings is 1. The number of rotatable bonds is 3. The van der Waals surface area contributed by atoms with Gasteiger partial charge < -0.3 is 15.0 Å².